The van der Waals surface area contributed by atoms with Gasteiger partial charge < -0.3 is 34.9 Å². The number of hydrogen-bond donors (Lipinski definition) is 3. The van der Waals surface area contributed by atoms with E-state index >= 15 is 0 Å². The van der Waals surface area contributed by atoms with E-state index in [1.165, 1.54) is 12.0 Å². The van der Waals surface area contributed by atoms with Crippen molar-refractivity contribution in [2.75, 3.05) is 26.8 Å². The second-order valence-corrected chi connectivity index (χ2v) is 10.7. The standard InChI is InChI=1S/C29H38BN3O8/c1-40-19-9-15-25(30(37)38)31-27(34)24-14-8-17-32(24)28(35)26-23(22-12-6-3-7-13-22)16-18-33(26,39)29(36)41-20-21-10-4-2-5-11-21/h2-7,10-13,23-26,37-38H,8-9,14-20H2,1H3,(H,31,34)/t23?,24?,25?,26-,33?/m0/s1. The summed E-state index contributed by atoms with van der Waals surface area (Å²) in [5, 5.41) is 36.5. The van der Waals surface area contributed by atoms with E-state index in [4.69, 9.17) is 9.47 Å². The summed E-state index contributed by atoms with van der Waals surface area (Å²) < 4.78 is 8.99. The van der Waals surface area contributed by atoms with Gasteiger partial charge in [-0.3, -0.25) is 9.59 Å². The minimum Gasteiger partial charge on any atom is -0.622 e. The van der Waals surface area contributed by atoms with Crippen LogP contribution in [0.25, 0.3) is 0 Å². The maximum Gasteiger partial charge on any atom is 0.517 e. The molecule has 2 aromatic rings. The lowest BCUT2D eigenvalue weighted by Gasteiger charge is -2.41. The molecule has 2 saturated heterocycles. The average Bonchev–Trinajstić information content (AvgIpc) is 3.62. The molecule has 3 amide bonds. The van der Waals surface area contributed by atoms with E-state index in [1.54, 1.807) is 24.3 Å². The number of ether oxygens (including phenoxy) is 2. The molecule has 12 heteroatoms. The number of methoxy groups -OCH3 is 1. The predicted molar refractivity (Wildman–Crippen MR) is 151 cm³/mol. The van der Waals surface area contributed by atoms with Crippen molar-refractivity contribution in [1.29, 1.82) is 0 Å². The van der Waals surface area contributed by atoms with Gasteiger partial charge in [-0.1, -0.05) is 60.7 Å². The molecule has 0 aliphatic carbocycles. The van der Waals surface area contributed by atoms with Gasteiger partial charge in [-0.15, -0.1) is 0 Å². The van der Waals surface area contributed by atoms with Gasteiger partial charge in [-0.05, 0) is 36.8 Å². The Balaban J connectivity index is 1.56. The highest BCUT2D eigenvalue weighted by Crippen LogP contribution is 2.41. The molecule has 2 aliphatic rings. The first-order chi connectivity index (χ1) is 19.8. The van der Waals surface area contributed by atoms with Crippen LogP contribution in [-0.4, -0.2) is 89.5 Å². The number of likely N-dealkylation sites (tertiary alicyclic amines) is 2. The number of carbonyl (C=O) groups excluding carboxylic acids is 3. The van der Waals surface area contributed by atoms with Crippen molar-refractivity contribution < 1.29 is 38.6 Å². The summed E-state index contributed by atoms with van der Waals surface area (Å²) in [7, 11) is -0.257. The van der Waals surface area contributed by atoms with E-state index in [9.17, 15) is 29.6 Å². The third-order valence-electron chi connectivity index (χ3n) is 7.99. The second-order valence-electron chi connectivity index (χ2n) is 10.7. The van der Waals surface area contributed by atoms with Crippen LogP contribution in [0.15, 0.2) is 60.7 Å². The molecule has 0 bridgehead atoms. The molecule has 3 N–H and O–H groups in total. The van der Waals surface area contributed by atoms with Crippen molar-refractivity contribution in [1.82, 2.24) is 10.2 Å². The van der Waals surface area contributed by atoms with Crippen LogP contribution in [0.3, 0.4) is 0 Å². The van der Waals surface area contributed by atoms with Crippen LogP contribution in [0.4, 0.5) is 4.79 Å². The summed E-state index contributed by atoms with van der Waals surface area (Å²) in [4.78, 5) is 42.2. The first-order valence-corrected chi connectivity index (χ1v) is 14.1. The maximum atomic E-state index is 14.3. The van der Waals surface area contributed by atoms with Gasteiger partial charge in [-0.2, -0.15) is 4.79 Å². The third kappa shape index (κ3) is 7.14. The minimum atomic E-state index is -1.79. The van der Waals surface area contributed by atoms with Crippen LogP contribution >= 0.6 is 0 Å². The molecule has 2 heterocycles. The molecule has 220 valence electrons. The Morgan fingerprint density at radius 2 is 1.78 bits per heavy atom. The normalized spacial score (nSPS) is 24.6. The fourth-order valence-electron chi connectivity index (χ4n) is 5.85. The number of carbonyl (C=O) groups is 3. The van der Waals surface area contributed by atoms with E-state index in [1.807, 2.05) is 36.4 Å². The number of rotatable bonds is 11. The first kappa shape index (κ1) is 30.7. The van der Waals surface area contributed by atoms with Gasteiger partial charge in [-0.25, -0.2) is 4.65 Å². The number of nitrogens with one attached hydrogen (secondary N) is 1. The summed E-state index contributed by atoms with van der Waals surface area (Å²) in [5.74, 6) is -2.60. The Labute approximate surface area is 240 Å². The Hall–Kier alpha value is -3.29. The molecule has 0 aromatic heterocycles. The molecule has 0 saturated carbocycles. The highest BCUT2D eigenvalue weighted by Gasteiger charge is 2.56. The molecule has 2 aromatic carbocycles. The molecule has 2 fully saturated rings. The van der Waals surface area contributed by atoms with E-state index in [2.05, 4.69) is 5.32 Å². The van der Waals surface area contributed by atoms with E-state index in [-0.39, 0.29) is 26.1 Å². The average molecular weight is 567 g/mol. The Morgan fingerprint density at radius 1 is 1.10 bits per heavy atom. The van der Waals surface area contributed by atoms with Crippen molar-refractivity contribution in [3.8, 4) is 0 Å². The molecule has 5 atom stereocenters. The molecule has 0 spiro atoms. The lowest BCUT2D eigenvalue weighted by Crippen LogP contribution is -2.61. The number of hydrogen-bond acceptors (Lipinski definition) is 8. The Kier molecular flexibility index (Phi) is 10.5. The molecular weight excluding hydrogens is 529 g/mol. The van der Waals surface area contributed by atoms with Crippen molar-refractivity contribution in [2.45, 2.75) is 62.7 Å². The van der Waals surface area contributed by atoms with Crippen LogP contribution in [0.2, 0.25) is 0 Å². The summed E-state index contributed by atoms with van der Waals surface area (Å²) in [6, 6.07) is 15.9. The van der Waals surface area contributed by atoms with Crippen molar-refractivity contribution in [3.05, 3.63) is 77.0 Å². The van der Waals surface area contributed by atoms with Gasteiger partial charge in [0.25, 0.3) is 5.91 Å². The van der Waals surface area contributed by atoms with Gasteiger partial charge in [0.1, 0.15) is 12.6 Å². The maximum absolute atomic E-state index is 14.3. The lowest BCUT2D eigenvalue weighted by atomic mass is 9.76. The van der Waals surface area contributed by atoms with E-state index in [0.717, 1.165) is 11.1 Å². The highest BCUT2D eigenvalue weighted by molar-refractivity contribution is 6.43. The molecule has 11 nitrogen and oxygen atoms in total. The zero-order valence-electron chi connectivity index (χ0n) is 23.3. The van der Waals surface area contributed by atoms with E-state index < -0.39 is 53.6 Å². The molecular formula is C29H38BN3O8. The number of nitrogens with zero attached hydrogens (tertiary/aromatic N) is 2. The fourth-order valence-corrected chi connectivity index (χ4v) is 5.85. The van der Waals surface area contributed by atoms with Crippen molar-refractivity contribution in [3.63, 3.8) is 0 Å². The molecule has 0 radical (unpaired) electrons. The fraction of sp³-hybridized carbons (Fsp3) is 0.483. The molecule has 41 heavy (non-hydrogen) atoms. The van der Waals surface area contributed by atoms with Crippen LogP contribution in [0, 0.1) is 5.21 Å². The van der Waals surface area contributed by atoms with Gasteiger partial charge in [0.05, 0.1) is 18.4 Å². The van der Waals surface area contributed by atoms with Gasteiger partial charge in [0, 0.05) is 26.7 Å². The second kappa shape index (κ2) is 14.1. The number of benzene rings is 2. The van der Waals surface area contributed by atoms with Crippen LogP contribution in [-0.2, 0) is 25.7 Å². The molecule has 4 rings (SSSR count). The summed E-state index contributed by atoms with van der Waals surface area (Å²) in [6.45, 7) is 0.400. The zero-order chi connectivity index (χ0) is 29.4. The van der Waals surface area contributed by atoms with Gasteiger partial charge in [0.2, 0.25) is 5.91 Å². The number of hydroxylamine groups is 3. The predicted octanol–water partition coefficient (Wildman–Crippen LogP) is 2.11. The van der Waals surface area contributed by atoms with Gasteiger partial charge >= 0.3 is 13.2 Å². The zero-order valence-corrected chi connectivity index (χ0v) is 23.3. The topological polar surface area (TPSA) is 148 Å². The monoisotopic (exact) mass is 567 g/mol. The van der Waals surface area contributed by atoms with Crippen LogP contribution in [0.5, 0.6) is 0 Å². The number of quaternary nitrogens is 1. The third-order valence-corrected chi connectivity index (χ3v) is 7.99. The largest absolute Gasteiger partial charge is 0.622 e. The lowest BCUT2D eigenvalue weighted by molar-refractivity contribution is -0.812. The number of amides is 3. The summed E-state index contributed by atoms with van der Waals surface area (Å²) in [6.07, 6.45) is 0.906. The Bertz CT molecular complexity index is 1170. The van der Waals surface area contributed by atoms with Gasteiger partial charge in [0.15, 0.2) is 6.04 Å². The van der Waals surface area contributed by atoms with E-state index in [0.29, 0.717) is 32.3 Å². The SMILES string of the molecule is COCCCC(NC(=O)C1CCCN1C(=O)[C@@H]1C(c2ccccc2)CC[N+]1([O-])C(=O)OCc1ccccc1)B(O)O. The van der Waals surface area contributed by atoms with Crippen molar-refractivity contribution in [2.24, 2.45) is 0 Å². The first-order valence-electron chi connectivity index (χ1n) is 14.1. The smallest absolute Gasteiger partial charge is 0.517 e. The highest BCUT2D eigenvalue weighted by atomic mass is 16.7. The summed E-state index contributed by atoms with van der Waals surface area (Å²) in [5.41, 5.74) is 1.48. The quantitative estimate of drug-likeness (QED) is 0.162. The molecule has 2 aliphatic heterocycles. The van der Waals surface area contributed by atoms with Crippen molar-refractivity contribution >= 4 is 25.0 Å². The van der Waals surface area contributed by atoms with Crippen LogP contribution < -0.4 is 5.32 Å². The minimum absolute atomic E-state index is 0.0957. The Morgan fingerprint density at radius 3 is 2.44 bits per heavy atom. The summed E-state index contributed by atoms with van der Waals surface area (Å²) >= 11 is 0. The van der Waals surface area contributed by atoms with Crippen LogP contribution in [0.1, 0.15) is 49.1 Å². The molecule has 4 unspecified atom stereocenters.